The SMILES string of the molecule is CN1CCCN(c2c([N+](=O)[O-])cnc3ccc(Br)cc23)CC1. The first-order chi connectivity index (χ1) is 10.6. The predicted molar refractivity (Wildman–Crippen MR) is 90.4 cm³/mol. The highest BCUT2D eigenvalue weighted by molar-refractivity contribution is 9.10. The number of benzene rings is 1. The highest BCUT2D eigenvalue weighted by Gasteiger charge is 2.24. The van der Waals surface area contributed by atoms with E-state index in [9.17, 15) is 10.1 Å². The second-order valence-corrected chi connectivity index (χ2v) is 6.47. The van der Waals surface area contributed by atoms with E-state index in [0.29, 0.717) is 5.69 Å². The van der Waals surface area contributed by atoms with Gasteiger partial charge in [0.1, 0.15) is 11.9 Å². The van der Waals surface area contributed by atoms with Crippen LogP contribution in [0.5, 0.6) is 0 Å². The van der Waals surface area contributed by atoms with E-state index in [1.165, 1.54) is 6.20 Å². The van der Waals surface area contributed by atoms with Crippen molar-refractivity contribution < 1.29 is 4.92 Å². The molecule has 2 heterocycles. The van der Waals surface area contributed by atoms with Crippen LogP contribution in [-0.2, 0) is 0 Å². The molecule has 2 aromatic rings. The summed E-state index contributed by atoms with van der Waals surface area (Å²) >= 11 is 3.45. The van der Waals surface area contributed by atoms with Gasteiger partial charge in [-0.05, 0) is 38.2 Å². The molecule has 0 aliphatic carbocycles. The summed E-state index contributed by atoms with van der Waals surface area (Å²) in [5.74, 6) is 0. The largest absolute Gasteiger partial charge is 0.364 e. The smallest absolute Gasteiger partial charge is 0.311 e. The fourth-order valence-electron chi connectivity index (χ4n) is 2.88. The fraction of sp³-hybridized carbons (Fsp3) is 0.400. The Balaban J connectivity index is 2.17. The fourth-order valence-corrected chi connectivity index (χ4v) is 3.24. The number of likely N-dealkylation sites (N-methyl/N-ethyl adjacent to an activating group) is 1. The Kier molecular flexibility index (Phi) is 4.26. The Labute approximate surface area is 137 Å². The molecule has 1 aromatic carbocycles. The molecule has 22 heavy (non-hydrogen) atoms. The summed E-state index contributed by atoms with van der Waals surface area (Å²) in [6.45, 7) is 3.51. The van der Waals surface area contributed by atoms with Crippen molar-refractivity contribution in [2.24, 2.45) is 0 Å². The minimum absolute atomic E-state index is 0.0788. The van der Waals surface area contributed by atoms with Crippen molar-refractivity contribution >= 4 is 38.2 Å². The van der Waals surface area contributed by atoms with Crippen molar-refractivity contribution in [2.75, 3.05) is 38.1 Å². The maximum Gasteiger partial charge on any atom is 0.311 e. The molecule has 0 unspecified atom stereocenters. The molecule has 0 bridgehead atoms. The molecule has 0 spiro atoms. The van der Waals surface area contributed by atoms with Crippen LogP contribution in [0.1, 0.15) is 6.42 Å². The third-order valence-corrected chi connectivity index (χ3v) is 4.51. The van der Waals surface area contributed by atoms with Gasteiger partial charge in [-0.25, -0.2) is 4.98 Å². The normalized spacial score (nSPS) is 16.7. The maximum absolute atomic E-state index is 11.5. The lowest BCUT2D eigenvalue weighted by Gasteiger charge is -2.24. The maximum atomic E-state index is 11.5. The highest BCUT2D eigenvalue weighted by Crippen LogP contribution is 2.36. The van der Waals surface area contributed by atoms with Gasteiger partial charge in [0.15, 0.2) is 0 Å². The molecule has 0 radical (unpaired) electrons. The molecular formula is C15H17BrN4O2. The molecule has 0 amide bonds. The zero-order chi connectivity index (χ0) is 15.7. The van der Waals surface area contributed by atoms with Gasteiger partial charge in [0.05, 0.1) is 10.4 Å². The molecule has 3 rings (SSSR count). The zero-order valence-corrected chi connectivity index (χ0v) is 13.9. The Morgan fingerprint density at radius 2 is 2.09 bits per heavy atom. The third-order valence-electron chi connectivity index (χ3n) is 4.01. The summed E-state index contributed by atoms with van der Waals surface area (Å²) in [4.78, 5) is 19.7. The van der Waals surface area contributed by atoms with E-state index < -0.39 is 0 Å². The molecule has 7 heteroatoms. The Bertz CT molecular complexity index is 722. The molecular weight excluding hydrogens is 348 g/mol. The second-order valence-electron chi connectivity index (χ2n) is 5.55. The number of nitro groups is 1. The number of hydrogen-bond acceptors (Lipinski definition) is 5. The number of halogens is 1. The molecule has 1 aliphatic heterocycles. The first-order valence-electron chi connectivity index (χ1n) is 7.22. The van der Waals surface area contributed by atoms with Crippen molar-refractivity contribution in [2.45, 2.75) is 6.42 Å². The van der Waals surface area contributed by atoms with E-state index in [1.54, 1.807) is 0 Å². The van der Waals surface area contributed by atoms with Gasteiger partial charge in [-0.1, -0.05) is 15.9 Å². The van der Waals surface area contributed by atoms with Gasteiger partial charge in [-0.15, -0.1) is 0 Å². The van der Waals surface area contributed by atoms with Crippen LogP contribution in [0, 0.1) is 10.1 Å². The molecule has 0 saturated carbocycles. The zero-order valence-electron chi connectivity index (χ0n) is 12.3. The van der Waals surface area contributed by atoms with Gasteiger partial charge in [0.2, 0.25) is 0 Å². The average molecular weight is 365 g/mol. The lowest BCUT2D eigenvalue weighted by atomic mass is 10.1. The van der Waals surface area contributed by atoms with E-state index in [-0.39, 0.29) is 10.6 Å². The summed E-state index contributed by atoms with van der Waals surface area (Å²) in [6.07, 6.45) is 2.37. The monoisotopic (exact) mass is 364 g/mol. The number of nitrogens with zero attached hydrogens (tertiary/aromatic N) is 4. The summed E-state index contributed by atoms with van der Waals surface area (Å²) in [5.41, 5.74) is 1.54. The highest BCUT2D eigenvalue weighted by atomic mass is 79.9. The average Bonchev–Trinajstić information content (AvgIpc) is 2.70. The number of anilines is 1. The summed E-state index contributed by atoms with van der Waals surface area (Å²) in [6, 6.07) is 5.71. The Morgan fingerprint density at radius 1 is 1.27 bits per heavy atom. The molecule has 0 N–H and O–H groups in total. The lowest BCUT2D eigenvalue weighted by molar-refractivity contribution is -0.384. The first-order valence-corrected chi connectivity index (χ1v) is 8.01. The van der Waals surface area contributed by atoms with Crippen molar-refractivity contribution in [3.63, 3.8) is 0 Å². The Hall–Kier alpha value is -1.73. The predicted octanol–water partition coefficient (Wildman–Crippen LogP) is 3.05. The number of aromatic nitrogens is 1. The van der Waals surface area contributed by atoms with Gasteiger partial charge in [0.25, 0.3) is 0 Å². The van der Waals surface area contributed by atoms with Crippen molar-refractivity contribution in [3.05, 3.63) is 39.0 Å². The minimum Gasteiger partial charge on any atom is -0.364 e. The van der Waals surface area contributed by atoms with Crippen LogP contribution in [0.25, 0.3) is 10.9 Å². The minimum atomic E-state index is -0.336. The van der Waals surface area contributed by atoms with E-state index in [2.05, 4.69) is 37.8 Å². The molecule has 1 saturated heterocycles. The standard InChI is InChI=1S/C15H17BrN4O2/c1-18-5-2-6-19(8-7-18)15-12-9-11(16)3-4-13(12)17-10-14(15)20(21)22/h3-4,9-10H,2,5-8H2,1H3. The Morgan fingerprint density at radius 3 is 2.86 bits per heavy atom. The second kappa shape index (κ2) is 6.18. The third kappa shape index (κ3) is 2.91. The van der Waals surface area contributed by atoms with Crippen molar-refractivity contribution in [3.8, 4) is 0 Å². The van der Waals surface area contributed by atoms with Gasteiger partial charge >= 0.3 is 5.69 Å². The van der Waals surface area contributed by atoms with Crippen LogP contribution < -0.4 is 4.90 Å². The molecule has 1 aromatic heterocycles. The summed E-state index contributed by atoms with van der Waals surface area (Å²) < 4.78 is 0.899. The van der Waals surface area contributed by atoms with Crippen LogP contribution in [0.15, 0.2) is 28.9 Å². The van der Waals surface area contributed by atoms with Gasteiger partial charge < -0.3 is 9.80 Å². The van der Waals surface area contributed by atoms with Crippen molar-refractivity contribution in [1.29, 1.82) is 0 Å². The quantitative estimate of drug-likeness (QED) is 0.605. The number of hydrogen-bond donors (Lipinski definition) is 0. The molecule has 116 valence electrons. The van der Waals surface area contributed by atoms with Crippen LogP contribution in [-0.4, -0.2) is 48.0 Å². The van der Waals surface area contributed by atoms with E-state index in [0.717, 1.165) is 48.0 Å². The van der Waals surface area contributed by atoms with Gasteiger partial charge in [0, 0.05) is 29.5 Å². The molecule has 1 aliphatic rings. The van der Waals surface area contributed by atoms with Crippen LogP contribution in [0.3, 0.4) is 0 Å². The summed E-state index contributed by atoms with van der Waals surface area (Å²) in [7, 11) is 2.08. The number of fused-ring (bicyclic) bond motifs is 1. The molecule has 0 atom stereocenters. The van der Waals surface area contributed by atoms with E-state index in [1.807, 2.05) is 18.2 Å². The number of pyridine rings is 1. The lowest BCUT2D eigenvalue weighted by Crippen LogP contribution is -2.29. The van der Waals surface area contributed by atoms with Crippen LogP contribution in [0.2, 0.25) is 0 Å². The molecule has 6 nitrogen and oxygen atoms in total. The topological polar surface area (TPSA) is 62.5 Å². The summed E-state index contributed by atoms with van der Waals surface area (Å²) in [5, 5.41) is 12.3. The van der Waals surface area contributed by atoms with Crippen molar-refractivity contribution in [1.82, 2.24) is 9.88 Å². The molecule has 1 fully saturated rings. The van der Waals surface area contributed by atoms with Gasteiger partial charge in [-0.3, -0.25) is 10.1 Å². The number of rotatable bonds is 2. The van der Waals surface area contributed by atoms with Crippen LogP contribution >= 0.6 is 15.9 Å². The van der Waals surface area contributed by atoms with E-state index in [4.69, 9.17) is 0 Å². The van der Waals surface area contributed by atoms with E-state index >= 15 is 0 Å². The van der Waals surface area contributed by atoms with Gasteiger partial charge in [-0.2, -0.15) is 0 Å². The first kappa shape index (κ1) is 15.2. The van der Waals surface area contributed by atoms with Crippen LogP contribution in [0.4, 0.5) is 11.4 Å².